The molecule has 9 rings (SSSR count). The number of aromatic nitrogens is 2. The molecular weight excluding hydrogens is 585 g/mol. The maximum absolute atomic E-state index is 10.1. The van der Waals surface area contributed by atoms with E-state index in [2.05, 4.69) is 137 Å². The first-order chi connectivity index (χ1) is 23.7. The molecular formula is C44H26N4. The Balaban J connectivity index is 1.14. The van der Waals surface area contributed by atoms with Crippen LogP contribution in [-0.2, 0) is 0 Å². The highest BCUT2D eigenvalue weighted by molar-refractivity contribution is 6.11. The number of rotatable bonds is 4. The Morgan fingerprint density at radius 2 is 0.938 bits per heavy atom. The predicted molar refractivity (Wildman–Crippen MR) is 195 cm³/mol. The van der Waals surface area contributed by atoms with Gasteiger partial charge in [-0.05, 0) is 65.2 Å². The number of benzene rings is 7. The largest absolute Gasteiger partial charge is 0.309 e. The quantitative estimate of drug-likeness (QED) is 0.199. The molecule has 222 valence electrons. The van der Waals surface area contributed by atoms with Crippen molar-refractivity contribution in [1.29, 1.82) is 10.5 Å². The van der Waals surface area contributed by atoms with Gasteiger partial charge in [-0.25, -0.2) is 0 Å². The van der Waals surface area contributed by atoms with Crippen molar-refractivity contribution in [3.63, 3.8) is 0 Å². The highest BCUT2D eigenvalue weighted by Gasteiger charge is 2.19. The van der Waals surface area contributed by atoms with E-state index in [0.717, 1.165) is 55.4 Å². The summed E-state index contributed by atoms with van der Waals surface area (Å²) in [5.74, 6) is 0. The Bertz CT molecular complexity index is 2730. The van der Waals surface area contributed by atoms with Crippen molar-refractivity contribution in [3.8, 4) is 45.8 Å². The van der Waals surface area contributed by atoms with Gasteiger partial charge in [0.15, 0.2) is 0 Å². The summed E-state index contributed by atoms with van der Waals surface area (Å²) in [5, 5.41) is 24.6. The van der Waals surface area contributed by atoms with E-state index < -0.39 is 0 Å². The lowest BCUT2D eigenvalue weighted by Gasteiger charge is -2.15. The molecule has 0 aliphatic rings. The third kappa shape index (κ3) is 4.14. The normalized spacial score (nSPS) is 11.3. The van der Waals surface area contributed by atoms with Crippen molar-refractivity contribution in [3.05, 3.63) is 169 Å². The number of fused-ring (bicyclic) bond motifs is 6. The van der Waals surface area contributed by atoms with Crippen LogP contribution in [0.4, 0.5) is 0 Å². The van der Waals surface area contributed by atoms with Crippen LogP contribution in [0.25, 0.3) is 77.2 Å². The molecule has 2 aromatic heterocycles. The van der Waals surface area contributed by atoms with Gasteiger partial charge >= 0.3 is 0 Å². The molecule has 0 aliphatic heterocycles. The van der Waals surface area contributed by atoms with Crippen molar-refractivity contribution in [1.82, 2.24) is 9.13 Å². The summed E-state index contributed by atoms with van der Waals surface area (Å²) in [6.07, 6.45) is 0. The van der Waals surface area contributed by atoms with E-state index in [1.807, 2.05) is 42.5 Å². The van der Waals surface area contributed by atoms with Crippen LogP contribution in [0, 0.1) is 22.7 Å². The minimum absolute atomic E-state index is 0.564. The van der Waals surface area contributed by atoms with E-state index in [0.29, 0.717) is 11.1 Å². The zero-order valence-electron chi connectivity index (χ0n) is 25.8. The molecule has 48 heavy (non-hydrogen) atoms. The summed E-state index contributed by atoms with van der Waals surface area (Å²) in [7, 11) is 0. The van der Waals surface area contributed by atoms with Gasteiger partial charge in [0.2, 0.25) is 0 Å². The lowest BCUT2D eigenvalue weighted by molar-refractivity contribution is 1.17. The number of hydrogen-bond donors (Lipinski definition) is 0. The van der Waals surface area contributed by atoms with Crippen LogP contribution in [0.1, 0.15) is 11.1 Å². The first kappa shape index (κ1) is 27.4. The standard InChI is InChI=1S/C44H26N4/c45-27-29-16-25-35(43(26-29)48-42-15-6-3-11-38(42)39-12-7-8-33(28-46)44(39)48)32-19-17-30(18-20-32)31-21-23-34(24-22-31)47-40-13-4-1-9-36(40)37-10-2-5-14-41(37)47/h1-26H. The number of nitriles is 2. The maximum Gasteiger partial charge on any atom is 0.101 e. The molecule has 0 unspecified atom stereocenters. The Hall–Kier alpha value is -6.88. The van der Waals surface area contributed by atoms with Crippen molar-refractivity contribution >= 4 is 43.6 Å². The van der Waals surface area contributed by atoms with Gasteiger partial charge in [-0.15, -0.1) is 0 Å². The Labute approximate surface area is 277 Å². The fraction of sp³-hybridized carbons (Fsp3) is 0. The molecule has 0 amide bonds. The average molecular weight is 611 g/mol. The summed E-state index contributed by atoms with van der Waals surface area (Å²) >= 11 is 0. The highest BCUT2D eigenvalue weighted by Crippen LogP contribution is 2.39. The van der Waals surface area contributed by atoms with Crippen LogP contribution in [0.5, 0.6) is 0 Å². The third-order valence-corrected chi connectivity index (χ3v) is 9.42. The first-order valence-corrected chi connectivity index (χ1v) is 15.9. The third-order valence-electron chi connectivity index (χ3n) is 9.42. The van der Waals surface area contributed by atoms with E-state index in [4.69, 9.17) is 0 Å². The molecule has 0 spiro atoms. The molecule has 9 aromatic rings. The Morgan fingerprint density at radius 3 is 1.54 bits per heavy atom. The monoisotopic (exact) mass is 610 g/mol. The zero-order chi connectivity index (χ0) is 32.2. The lowest BCUT2D eigenvalue weighted by atomic mass is 9.97. The van der Waals surface area contributed by atoms with E-state index in [-0.39, 0.29) is 0 Å². The van der Waals surface area contributed by atoms with Gasteiger partial charge in [0, 0.05) is 32.8 Å². The van der Waals surface area contributed by atoms with Gasteiger partial charge < -0.3 is 9.13 Å². The molecule has 0 atom stereocenters. The summed E-state index contributed by atoms with van der Waals surface area (Å²) in [4.78, 5) is 0. The van der Waals surface area contributed by atoms with E-state index in [9.17, 15) is 10.5 Å². The molecule has 7 aromatic carbocycles. The average Bonchev–Trinajstić information content (AvgIpc) is 3.68. The van der Waals surface area contributed by atoms with Crippen LogP contribution >= 0.6 is 0 Å². The second kappa shape index (κ2) is 10.9. The minimum Gasteiger partial charge on any atom is -0.309 e. The fourth-order valence-corrected chi connectivity index (χ4v) is 7.24. The molecule has 0 radical (unpaired) electrons. The van der Waals surface area contributed by atoms with Crippen molar-refractivity contribution in [2.45, 2.75) is 0 Å². The van der Waals surface area contributed by atoms with Crippen LogP contribution in [-0.4, -0.2) is 9.13 Å². The topological polar surface area (TPSA) is 57.4 Å². The number of hydrogen-bond acceptors (Lipinski definition) is 2. The smallest absolute Gasteiger partial charge is 0.101 e. The van der Waals surface area contributed by atoms with Gasteiger partial charge in [-0.1, -0.05) is 109 Å². The second-order valence-electron chi connectivity index (χ2n) is 12.0. The van der Waals surface area contributed by atoms with Crippen LogP contribution in [0.3, 0.4) is 0 Å². The number of para-hydroxylation sites is 4. The molecule has 2 heterocycles. The molecule has 0 bridgehead atoms. The molecule has 0 saturated carbocycles. The van der Waals surface area contributed by atoms with Gasteiger partial charge in [-0.2, -0.15) is 10.5 Å². The van der Waals surface area contributed by atoms with E-state index in [1.54, 1.807) is 0 Å². The molecule has 0 saturated heterocycles. The van der Waals surface area contributed by atoms with Crippen molar-refractivity contribution in [2.24, 2.45) is 0 Å². The summed E-state index contributed by atoms with van der Waals surface area (Å²) in [6.45, 7) is 0. The minimum atomic E-state index is 0.564. The van der Waals surface area contributed by atoms with Crippen molar-refractivity contribution in [2.75, 3.05) is 0 Å². The number of nitrogens with zero attached hydrogens (tertiary/aromatic N) is 4. The molecule has 4 heteroatoms. The fourth-order valence-electron chi connectivity index (χ4n) is 7.24. The summed E-state index contributed by atoms with van der Waals surface area (Å²) in [5.41, 5.74) is 11.6. The first-order valence-electron chi connectivity index (χ1n) is 15.9. The maximum atomic E-state index is 10.1. The summed E-state index contributed by atoms with van der Waals surface area (Å²) in [6, 6.07) is 59.0. The summed E-state index contributed by atoms with van der Waals surface area (Å²) < 4.78 is 4.47. The van der Waals surface area contributed by atoms with Gasteiger partial charge in [0.1, 0.15) is 6.07 Å². The SMILES string of the molecule is N#Cc1ccc(-c2ccc(-c3ccc(-n4c5ccccc5c5ccccc54)cc3)cc2)c(-n2c3ccccc3c3cccc(C#N)c32)c1. The Kier molecular flexibility index (Phi) is 6.22. The van der Waals surface area contributed by atoms with E-state index >= 15 is 0 Å². The predicted octanol–water partition coefficient (Wildman–Crippen LogP) is 11.0. The molecule has 0 N–H and O–H groups in total. The zero-order valence-corrected chi connectivity index (χ0v) is 25.8. The van der Waals surface area contributed by atoms with Crippen LogP contribution in [0.2, 0.25) is 0 Å². The van der Waals surface area contributed by atoms with Crippen LogP contribution < -0.4 is 0 Å². The van der Waals surface area contributed by atoms with Crippen molar-refractivity contribution < 1.29 is 0 Å². The van der Waals surface area contributed by atoms with E-state index in [1.165, 1.54) is 21.8 Å². The van der Waals surface area contributed by atoms with Crippen LogP contribution in [0.15, 0.2) is 158 Å². The van der Waals surface area contributed by atoms with Gasteiger partial charge in [0.05, 0.1) is 45.0 Å². The van der Waals surface area contributed by atoms with Gasteiger partial charge in [0.25, 0.3) is 0 Å². The molecule has 4 nitrogen and oxygen atoms in total. The van der Waals surface area contributed by atoms with Gasteiger partial charge in [-0.3, -0.25) is 0 Å². The highest BCUT2D eigenvalue weighted by atomic mass is 15.0. The lowest BCUT2D eigenvalue weighted by Crippen LogP contribution is -1.99. The Morgan fingerprint density at radius 1 is 0.417 bits per heavy atom. The molecule has 0 fully saturated rings. The second-order valence-corrected chi connectivity index (χ2v) is 12.0. The molecule has 0 aliphatic carbocycles.